The molecule has 0 bridgehead atoms. The first-order valence-corrected chi connectivity index (χ1v) is 5.75. The molecule has 6 nitrogen and oxygen atoms in total. The normalized spacial score (nSPS) is 13.0. The van der Waals surface area contributed by atoms with Crippen molar-refractivity contribution < 1.29 is 9.90 Å². The molecule has 0 aliphatic carbocycles. The molecule has 1 N–H and O–H groups in total. The van der Waals surface area contributed by atoms with E-state index in [9.17, 15) is 4.79 Å². The van der Waals surface area contributed by atoms with Gasteiger partial charge in [-0.3, -0.25) is 9.69 Å². The lowest BCUT2D eigenvalue weighted by Crippen LogP contribution is -2.32. The molecule has 96 valence electrons. The second-order valence-corrected chi connectivity index (χ2v) is 4.29. The molecule has 6 heteroatoms. The molecule has 0 aliphatic rings. The van der Waals surface area contributed by atoms with Gasteiger partial charge in [0.2, 0.25) is 0 Å². The van der Waals surface area contributed by atoms with E-state index in [1.54, 1.807) is 6.92 Å². The number of carboxylic acid groups (broad SMARTS) is 1. The van der Waals surface area contributed by atoms with Crippen molar-refractivity contribution in [1.82, 2.24) is 19.7 Å². The molecule has 0 aliphatic heterocycles. The van der Waals surface area contributed by atoms with E-state index in [1.807, 2.05) is 25.5 Å². The Kier molecular flexibility index (Phi) is 4.62. The minimum absolute atomic E-state index is 0.371. The zero-order valence-corrected chi connectivity index (χ0v) is 10.8. The quantitative estimate of drug-likeness (QED) is 0.791. The number of aromatic nitrogens is 3. The standard InChI is InChI=1S/C11H20N4O2/c1-5-15(6-8(2)11(16)17)7-10-13-12-9(3)14(10)4/h8H,5-7H2,1-4H3,(H,16,17). The minimum atomic E-state index is -0.766. The van der Waals surface area contributed by atoms with Gasteiger partial charge in [-0.2, -0.15) is 0 Å². The van der Waals surface area contributed by atoms with Crippen molar-refractivity contribution in [2.75, 3.05) is 13.1 Å². The van der Waals surface area contributed by atoms with Crippen molar-refractivity contribution in [2.24, 2.45) is 13.0 Å². The highest BCUT2D eigenvalue weighted by Gasteiger charge is 2.17. The number of aliphatic carboxylic acids is 1. The molecule has 0 radical (unpaired) electrons. The Labute approximate surface area is 101 Å². The van der Waals surface area contributed by atoms with Crippen LogP contribution in [0.5, 0.6) is 0 Å². The lowest BCUT2D eigenvalue weighted by atomic mass is 10.1. The fourth-order valence-electron chi connectivity index (χ4n) is 1.56. The molecule has 0 fully saturated rings. The SMILES string of the molecule is CCN(Cc1nnc(C)n1C)CC(C)C(=O)O. The molecule has 1 unspecified atom stereocenters. The fourth-order valence-corrected chi connectivity index (χ4v) is 1.56. The molecule has 0 aromatic carbocycles. The van der Waals surface area contributed by atoms with Gasteiger partial charge in [0.25, 0.3) is 0 Å². The zero-order chi connectivity index (χ0) is 13.0. The van der Waals surface area contributed by atoms with Crippen LogP contribution < -0.4 is 0 Å². The van der Waals surface area contributed by atoms with Crippen LogP contribution in [0.1, 0.15) is 25.5 Å². The van der Waals surface area contributed by atoms with Crippen molar-refractivity contribution in [2.45, 2.75) is 27.3 Å². The third-order valence-electron chi connectivity index (χ3n) is 2.95. The van der Waals surface area contributed by atoms with Crippen LogP contribution in [0.25, 0.3) is 0 Å². The first-order valence-electron chi connectivity index (χ1n) is 5.75. The third-order valence-corrected chi connectivity index (χ3v) is 2.95. The predicted molar refractivity (Wildman–Crippen MR) is 63.5 cm³/mol. The van der Waals surface area contributed by atoms with Crippen molar-refractivity contribution in [3.05, 3.63) is 11.6 Å². The summed E-state index contributed by atoms with van der Waals surface area (Å²) < 4.78 is 1.92. The van der Waals surface area contributed by atoms with Crippen LogP contribution in [0, 0.1) is 12.8 Å². The molecule has 1 aromatic rings. The number of hydrogen-bond acceptors (Lipinski definition) is 4. The van der Waals surface area contributed by atoms with Gasteiger partial charge in [0, 0.05) is 13.6 Å². The summed E-state index contributed by atoms with van der Waals surface area (Å²) in [5.41, 5.74) is 0. The van der Waals surface area contributed by atoms with Crippen LogP contribution in [-0.4, -0.2) is 43.8 Å². The van der Waals surface area contributed by atoms with Crippen molar-refractivity contribution in [1.29, 1.82) is 0 Å². The Morgan fingerprint density at radius 2 is 2.18 bits per heavy atom. The van der Waals surface area contributed by atoms with E-state index >= 15 is 0 Å². The van der Waals surface area contributed by atoms with E-state index in [4.69, 9.17) is 5.11 Å². The molecule has 0 saturated heterocycles. The highest BCUT2D eigenvalue weighted by molar-refractivity contribution is 5.69. The molecule has 1 aromatic heterocycles. The molecule has 1 heterocycles. The van der Waals surface area contributed by atoms with E-state index in [2.05, 4.69) is 15.1 Å². The van der Waals surface area contributed by atoms with Crippen molar-refractivity contribution >= 4 is 5.97 Å². The van der Waals surface area contributed by atoms with Crippen LogP contribution in [-0.2, 0) is 18.4 Å². The largest absolute Gasteiger partial charge is 0.481 e. The zero-order valence-electron chi connectivity index (χ0n) is 10.8. The van der Waals surface area contributed by atoms with E-state index in [-0.39, 0.29) is 5.92 Å². The first-order chi connectivity index (χ1) is 7.95. The first kappa shape index (κ1) is 13.6. The summed E-state index contributed by atoms with van der Waals surface area (Å²) in [5.74, 6) is 0.589. The summed E-state index contributed by atoms with van der Waals surface area (Å²) in [6, 6.07) is 0. The van der Waals surface area contributed by atoms with Crippen LogP contribution in [0.3, 0.4) is 0 Å². The maximum absolute atomic E-state index is 10.8. The summed E-state index contributed by atoms with van der Waals surface area (Å²) in [7, 11) is 1.92. The molecular formula is C11H20N4O2. The van der Waals surface area contributed by atoms with E-state index in [1.165, 1.54) is 0 Å². The Bertz CT molecular complexity index is 389. The summed E-state index contributed by atoms with van der Waals surface area (Å²) in [4.78, 5) is 12.9. The Morgan fingerprint density at radius 3 is 2.59 bits per heavy atom. The summed E-state index contributed by atoms with van der Waals surface area (Å²) in [6.45, 7) is 7.57. The van der Waals surface area contributed by atoms with Gasteiger partial charge in [-0.25, -0.2) is 0 Å². The van der Waals surface area contributed by atoms with Gasteiger partial charge >= 0.3 is 5.97 Å². The van der Waals surface area contributed by atoms with Gasteiger partial charge in [0.1, 0.15) is 11.6 Å². The average molecular weight is 240 g/mol. The van der Waals surface area contributed by atoms with Gasteiger partial charge in [0.05, 0.1) is 12.5 Å². The van der Waals surface area contributed by atoms with Gasteiger partial charge in [0.15, 0.2) is 0 Å². The Balaban J connectivity index is 2.64. The number of nitrogens with zero attached hydrogens (tertiary/aromatic N) is 4. The number of aryl methyl sites for hydroxylation is 1. The molecule has 17 heavy (non-hydrogen) atoms. The highest BCUT2D eigenvalue weighted by Crippen LogP contribution is 2.06. The summed E-state index contributed by atoms with van der Waals surface area (Å²) in [6.07, 6.45) is 0. The van der Waals surface area contributed by atoms with Gasteiger partial charge < -0.3 is 9.67 Å². The third kappa shape index (κ3) is 3.52. The maximum atomic E-state index is 10.8. The van der Waals surface area contributed by atoms with Crippen LogP contribution in [0.4, 0.5) is 0 Å². The Hall–Kier alpha value is -1.43. The number of carbonyl (C=O) groups is 1. The van der Waals surface area contributed by atoms with Crippen molar-refractivity contribution in [3.63, 3.8) is 0 Å². The number of carboxylic acids is 1. The lowest BCUT2D eigenvalue weighted by Gasteiger charge is -2.21. The topological polar surface area (TPSA) is 71.2 Å². The van der Waals surface area contributed by atoms with Crippen LogP contribution in [0.2, 0.25) is 0 Å². The summed E-state index contributed by atoms with van der Waals surface area (Å²) in [5, 5.41) is 17.0. The Morgan fingerprint density at radius 1 is 1.53 bits per heavy atom. The number of hydrogen-bond donors (Lipinski definition) is 1. The van der Waals surface area contributed by atoms with Crippen LogP contribution >= 0.6 is 0 Å². The molecule has 0 spiro atoms. The van der Waals surface area contributed by atoms with E-state index in [0.717, 1.165) is 18.2 Å². The molecule has 0 amide bonds. The predicted octanol–water partition coefficient (Wildman–Crippen LogP) is 0.666. The van der Waals surface area contributed by atoms with Crippen molar-refractivity contribution in [3.8, 4) is 0 Å². The van der Waals surface area contributed by atoms with Crippen LogP contribution in [0.15, 0.2) is 0 Å². The second-order valence-electron chi connectivity index (χ2n) is 4.29. The maximum Gasteiger partial charge on any atom is 0.307 e. The lowest BCUT2D eigenvalue weighted by molar-refractivity contribution is -0.141. The number of rotatable bonds is 6. The van der Waals surface area contributed by atoms with E-state index in [0.29, 0.717) is 13.1 Å². The smallest absolute Gasteiger partial charge is 0.307 e. The molecule has 0 saturated carbocycles. The van der Waals surface area contributed by atoms with Gasteiger partial charge in [-0.15, -0.1) is 10.2 Å². The highest BCUT2D eigenvalue weighted by atomic mass is 16.4. The van der Waals surface area contributed by atoms with E-state index < -0.39 is 5.97 Å². The monoisotopic (exact) mass is 240 g/mol. The average Bonchev–Trinajstić information content (AvgIpc) is 2.59. The fraction of sp³-hybridized carbons (Fsp3) is 0.727. The molecule has 1 atom stereocenters. The summed E-state index contributed by atoms with van der Waals surface area (Å²) >= 11 is 0. The minimum Gasteiger partial charge on any atom is -0.481 e. The molecule has 1 rings (SSSR count). The van der Waals surface area contributed by atoms with Gasteiger partial charge in [-0.1, -0.05) is 13.8 Å². The second kappa shape index (κ2) is 5.77. The molecular weight excluding hydrogens is 220 g/mol. The van der Waals surface area contributed by atoms with Gasteiger partial charge in [-0.05, 0) is 13.5 Å².